The Balaban J connectivity index is 1.78. The average Bonchev–Trinajstić information content (AvgIpc) is 3.14. The zero-order chi connectivity index (χ0) is 23.2. The molecule has 8 nitrogen and oxygen atoms in total. The number of aryl methyl sites for hydroxylation is 1. The number of aromatic amines is 1. The van der Waals surface area contributed by atoms with Gasteiger partial charge in [0.2, 0.25) is 0 Å². The van der Waals surface area contributed by atoms with Crippen LogP contribution in [0, 0.1) is 6.92 Å². The molecule has 1 aliphatic rings. The van der Waals surface area contributed by atoms with Crippen molar-refractivity contribution < 1.29 is 13.6 Å². The fraction of sp³-hybridized carbons (Fsp3) is 0.333. The third-order valence-corrected chi connectivity index (χ3v) is 6.10. The lowest BCUT2D eigenvalue weighted by molar-refractivity contribution is 0.0993. The molecule has 3 heterocycles. The van der Waals surface area contributed by atoms with E-state index in [1.54, 1.807) is 30.7 Å². The lowest BCUT2D eigenvalue weighted by Gasteiger charge is -2.30. The van der Waals surface area contributed by atoms with Crippen LogP contribution in [0.5, 0.6) is 0 Å². The van der Waals surface area contributed by atoms with Crippen LogP contribution in [0.15, 0.2) is 29.2 Å². The number of halogens is 3. The van der Waals surface area contributed by atoms with Gasteiger partial charge in [-0.3, -0.25) is 14.3 Å². The SMILES string of the molecule is Cc1ccc(C(C)n2nc(C(N)=O)c3c2CCN(c2cn[nH]c(=O)c2Cl)C3)c(C(F)F)c1. The Hall–Kier alpha value is -3.27. The number of rotatable bonds is 5. The quantitative estimate of drug-likeness (QED) is 0.605. The van der Waals surface area contributed by atoms with Crippen molar-refractivity contribution in [1.29, 1.82) is 0 Å². The Morgan fingerprint density at radius 2 is 2.06 bits per heavy atom. The molecule has 1 aliphatic heterocycles. The van der Waals surface area contributed by atoms with Gasteiger partial charge in [-0.25, -0.2) is 13.9 Å². The third-order valence-electron chi connectivity index (χ3n) is 5.73. The molecule has 11 heteroatoms. The molecule has 3 N–H and O–H groups in total. The summed E-state index contributed by atoms with van der Waals surface area (Å²) in [6.45, 7) is 4.20. The normalized spacial score (nSPS) is 14.5. The predicted octanol–water partition coefficient (Wildman–Crippen LogP) is 3.14. The summed E-state index contributed by atoms with van der Waals surface area (Å²) in [5.74, 6) is -0.720. The van der Waals surface area contributed by atoms with E-state index >= 15 is 0 Å². The van der Waals surface area contributed by atoms with Crippen molar-refractivity contribution in [3.63, 3.8) is 0 Å². The number of alkyl halides is 2. The standard InChI is InChI=1S/C21H21ClF2N6O2/c1-10-3-4-12(13(7-10)19(23)24)11(2)30-15-5-6-29(9-14(15)18(28-30)20(25)31)16-8-26-27-21(32)17(16)22/h3-4,7-8,11,19H,5-6,9H2,1-2H3,(H2,25,31)(H,27,32). The van der Waals surface area contributed by atoms with E-state index in [1.165, 1.54) is 12.3 Å². The molecule has 4 rings (SSSR count). The first-order valence-corrected chi connectivity index (χ1v) is 10.3. The van der Waals surface area contributed by atoms with E-state index in [0.29, 0.717) is 29.8 Å². The summed E-state index contributed by atoms with van der Waals surface area (Å²) in [4.78, 5) is 25.8. The molecule has 32 heavy (non-hydrogen) atoms. The number of amides is 1. The Morgan fingerprint density at radius 1 is 1.31 bits per heavy atom. The van der Waals surface area contributed by atoms with Gasteiger partial charge in [0.05, 0.1) is 17.9 Å². The minimum absolute atomic E-state index is 0.00827. The number of carbonyl (C=O) groups excluding carboxylic acids is 1. The van der Waals surface area contributed by atoms with E-state index in [1.807, 2.05) is 4.90 Å². The number of primary amides is 1. The van der Waals surface area contributed by atoms with Crippen LogP contribution >= 0.6 is 11.6 Å². The molecule has 0 bridgehead atoms. The summed E-state index contributed by atoms with van der Waals surface area (Å²) in [6.07, 6.45) is -0.762. The number of aromatic nitrogens is 4. The lowest BCUT2D eigenvalue weighted by atomic mass is 9.98. The largest absolute Gasteiger partial charge is 0.364 e. The number of nitrogens with one attached hydrogen (secondary N) is 1. The van der Waals surface area contributed by atoms with Crippen LogP contribution in [0.2, 0.25) is 5.02 Å². The van der Waals surface area contributed by atoms with Crippen LogP contribution in [0.25, 0.3) is 0 Å². The first kappa shape index (κ1) is 21.9. The van der Waals surface area contributed by atoms with E-state index < -0.39 is 23.9 Å². The zero-order valence-corrected chi connectivity index (χ0v) is 18.2. The van der Waals surface area contributed by atoms with E-state index in [0.717, 1.165) is 11.3 Å². The molecular formula is C21H21ClF2N6O2. The second-order valence-electron chi connectivity index (χ2n) is 7.76. The van der Waals surface area contributed by atoms with E-state index in [-0.39, 0.29) is 22.8 Å². The number of fused-ring (bicyclic) bond motifs is 1. The maximum Gasteiger partial charge on any atom is 0.285 e. The second kappa shape index (κ2) is 8.34. The molecule has 0 saturated heterocycles. The van der Waals surface area contributed by atoms with Gasteiger partial charge in [-0.15, -0.1) is 0 Å². The van der Waals surface area contributed by atoms with Crippen molar-refractivity contribution in [1.82, 2.24) is 20.0 Å². The highest BCUT2D eigenvalue weighted by molar-refractivity contribution is 6.33. The fourth-order valence-electron chi connectivity index (χ4n) is 4.16. The van der Waals surface area contributed by atoms with Crippen LogP contribution in [0.4, 0.5) is 14.5 Å². The fourth-order valence-corrected chi connectivity index (χ4v) is 4.37. The van der Waals surface area contributed by atoms with Gasteiger partial charge in [0, 0.05) is 36.3 Å². The average molecular weight is 463 g/mol. The first-order chi connectivity index (χ1) is 15.2. The number of benzene rings is 1. The minimum Gasteiger partial charge on any atom is -0.364 e. The van der Waals surface area contributed by atoms with Crippen molar-refractivity contribution in [3.05, 3.63) is 73.4 Å². The number of hydrogen-bond acceptors (Lipinski definition) is 5. The highest BCUT2D eigenvalue weighted by atomic mass is 35.5. The van der Waals surface area contributed by atoms with Gasteiger partial charge in [-0.1, -0.05) is 35.4 Å². The van der Waals surface area contributed by atoms with Crippen molar-refractivity contribution in [2.45, 2.75) is 39.3 Å². The molecule has 168 valence electrons. The molecule has 1 atom stereocenters. The topological polar surface area (TPSA) is 110 Å². The van der Waals surface area contributed by atoms with Gasteiger partial charge in [0.15, 0.2) is 5.69 Å². The maximum absolute atomic E-state index is 13.7. The summed E-state index contributed by atoms with van der Waals surface area (Å²) in [7, 11) is 0. The van der Waals surface area contributed by atoms with Gasteiger partial charge in [-0.2, -0.15) is 10.2 Å². The van der Waals surface area contributed by atoms with Crippen molar-refractivity contribution in [3.8, 4) is 0 Å². The van der Waals surface area contributed by atoms with Gasteiger partial charge in [0.25, 0.3) is 17.9 Å². The van der Waals surface area contributed by atoms with Crippen molar-refractivity contribution >= 4 is 23.2 Å². The lowest BCUT2D eigenvalue weighted by Crippen LogP contribution is -2.33. The van der Waals surface area contributed by atoms with E-state index in [4.69, 9.17) is 17.3 Å². The van der Waals surface area contributed by atoms with Gasteiger partial charge < -0.3 is 10.6 Å². The molecule has 1 aromatic carbocycles. The molecule has 1 unspecified atom stereocenters. The molecule has 2 aromatic heterocycles. The van der Waals surface area contributed by atoms with Gasteiger partial charge in [0.1, 0.15) is 5.02 Å². The zero-order valence-electron chi connectivity index (χ0n) is 17.4. The molecule has 0 spiro atoms. The number of anilines is 1. The molecule has 0 radical (unpaired) electrons. The van der Waals surface area contributed by atoms with Crippen molar-refractivity contribution in [2.75, 3.05) is 11.4 Å². The Bertz CT molecular complexity index is 1260. The molecule has 0 saturated carbocycles. The Labute approximate surface area is 187 Å². The van der Waals surface area contributed by atoms with Crippen LogP contribution < -0.4 is 16.2 Å². The molecule has 0 aliphatic carbocycles. The minimum atomic E-state index is -2.64. The Kier molecular flexibility index (Phi) is 5.72. The van der Waals surface area contributed by atoms with Crippen LogP contribution in [0.3, 0.4) is 0 Å². The summed E-state index contributed by atoms with van der Waals surface area (Å²) in [5, 5.41) is 10.5. The number of hydrogen-bond donors (Lipinski definition) is 2. The van der Waals surface area contributed by atoms with Crippen LogP contribution in [-0.4, -0.2) is 32.4 Å². The second-order valence-corrected chi connectivity index (χ2v) is 8.14. The number of carbonyl (C=O) groups is 1. The summed E-state index contributed by atoms with van der Waals surface area (Å²) < 4.78 is 29.0. The highest BCUT2D eigenvalue weighted by Gasteiger charge is 2.31. The van der Waals surface area contributed by atoms with Crippen LogP contribution in [-0.2, 0) is 13.0 Å². The first-order valence-electron chi connectivity index (χ1n) is 9.95. The highest BCUT2D eigenvalue weighted by Crippen LogP contribution is 2.34. The summed E-state index contributed by atoms with van der Waals surface area (Å²) in [5.41, 5.74) is 7.96. The third kappa shape index (κ3) is 3.75. The maximum atomic E-state index is 13.7. The number of H-pyrrole nitrogens is 1. The monoisotopic (exact) mass is 462 g/mol. The number of nitrogens with two attached hydrogens (primary N) is 1. The number of nitrogens with zero attached hydrogens (tertiary/aromatic N) is 4. The summed E-state index contributed by atoms with van der Waals surface area (Å²) in [6, 6.07) is 4.35. The smallest absolute Gasteiger partial charge is 0.285 e. The van der Waals surface area contributed by atoms with Gasteiger partial charge >= 0.3 is 0 Å². The van der Waals surface area contributed by atoms with E-state index in [9.17, 15) is 18.4 Å². The van der Waals surface area contributed by atoms with Crippen molar-refractivity contribution in [2.24, 2.45) is 5.73 Å². The molecule has 1 amide bonds. The Morgan fingerprint density at radius 3 is 2.75 bits per heavy atom. The van der Waals surface area contributed by atoms with E-state index in [2.05, 4.69) is 15.3 Å². The molecule has 0 fully saturated rings. The molecule has 3 aromatic rings. The summed E-state index contributed by atoms with van der Waals surface area (Å²) >= 11 is 6.14. The van der Waals surface area contributed by atoms with Crippen LogP contribution in [0.1, 0.15) is 57.8 Å². The van der Waals surface area contributed by atoms with Gasteiger partial charge in [-0.05, 0) is 19.4 Å². The molecular weight excluding hydrogens is 442 g/mol. The predicted molar refractivity (Wildman–Crippen MR) is 115 cm³/mol.